The van der Waals surface area contributed by atoms with Crippen molar-refractivity contribution in [3.05, 3.63) is 113 Å². The fraction of sp³-hybridized carbons (Fsp3) is 0.237. The Morgan fingerprint density at radius 3 is 2.50 bits per heavy atom. The SMILES string of the molecule is Cc1ccccc1C(=O)N(C=O)CCn1ncc2c(Cl)cc(C(C)NC(=O)c3c(NC(=O)OC(C)(C)C)nn4cccnc34)c(-c3ccccc3)c21. The lowest BCUT2D eigenvalue weighted by Gasteiger charge is -2.22. The van der Waals surface area contributed by atoms with Crippen LogP contribution in [0.4, 0.5) is 10.6 Å². The topological polar surface area (TPSA) is 153 Å². The van der Waals surface area contributed by atoms with Gasteiger partial charge in [0.1, 0.15) is 11.2 Å². The zero-order valence-corrected chi connectivity index (χ0v) is 30.0. The van der Waals surface area contributed by atoms with Crippen LogP contribution >= 0.6 is 11.6 Å². The smallest absolute Gasteiger partial charge is 0.413 e. The van der Waals surface area contributed by atoms with Crippen molar-refractivity contribution in [2.45, 2.75) is 52.8 Å². The Kier molecular flexibility index (Phi) is 10.1. The second-order valence-electron chi connectivity index (χ2n) is 13.2. The molecule has 52 heavy (non-hydrogen) atoms. The van der Waals surface area contributed by atoms with Gasteiger partial charge in [-0.05, 0) is 69.5 Å². The summed E-state index contributed by atoms with van der Waals surface area (Å²) in [5.74, 6) is -0.981. The molecule has 3 heterocycles. The molecular formula is C38H37ClN8O5. The molecule has 0 radical (unpaired) electrons. The van der Waals surface area contributed by atoms with E-state index in [1.807, 2.05) is 56.3 Å². The number of imide groups is 1. The van der Waals surface area contributed by atoms with Crippen LogP contribution in [0.1, 0.15) is 65.6 Å². The van der Waals surface area contributed by atoms with Gasteiger partial charge in [-0.15, -0.1) is 5.10 Å². The molecule has 0 fully saturated rings. The van der Waals surface area contributed by atoms with Crippen LogP contribution in [0.3, 0.4) is 0 Å². The Bertz CT molecular complexity index is 2310. The van der Waals surface area contributed by atoms with Crippen LogP contribution in [0.25, 0.3) is 27.7 Å². The number of rotatable bonds is 10. The molecular weight excluding hydrogens is 684 g/mol. The summed E-state index contributed by atoms with van der Waals surface area (Å²) < 4.78 is 8.52. The molecule has 3 aromatic heterocycles. The van der Waals surface area contributed by atoms with E-state index in [9.17, 15) is 19.2 Å². The van der Waals surface area contributed by atoms with E-state index in [-0.39, 0.29) is 30.1 Å². The molecule has 0 saturated carbocycles. The number of ether oxygens (including phenoxy) is 1. The fourth-order valence-corrected chi connectivity index (χ4v) is 6.22. The van der Waals surface area contributed by atoms with E-state index < -0.39 is 29.6 Å². The van der Waals surface area contributed by atoms with Crippen LogP contribution in [0, 0.1) is 6.92 Å². The highest BCUT2D eigenvalue weighted by Gasteiger charge is 2.28. The maximum Gasteiger partial charge on any atom is 0.413 e. The van der Waals surface area contributed by atoms with Gasteiger partial charge in [0.05, 0.1) is 29.3 Å². The summed E-state index contributed by atoms with van der Waals surface area (Å²) in [5, 5.41) is 15.7. The van der Waals surface area contributed by atoms with Gasteiger partial charge in [0, 0.05) is 35.5 Å². The Morgan fingerprint density at radius 2 is 1.79 bits per heavy atom. The van der Waals surface area contributed by atoms with Gasteiger partial charge in [0.15, 0.2) is 11.5 Å². The number of amides is 4. The molecule has 14 heteroatoms. The average molecular weight is 721 g/mol. The van der Waals surface area contributed by atoms with Gasteiger partial charge in [-0.25, -0.2) is 14.3 Å². The summed E-state index contributed by atoms with van der Waals surface area (Å²) in [6.07, 6.45) is 4.53. The first kappa shape index (κ1) is 35.7. The Balaban J connectivity index is 1.37. The first-order valence-corrected chi connectivity index (χ1v) is 16.9. The summed E-state index contributed by atoms with van der Waals surface area (Å²) in [6, 6.07) is 19.5. The minimum Gasteiger partial charge on any atom is -0.444 e. The number of fused-ring (bicyclic) bond motifs is 2. The Hall–Kier alpha value is -6.08. The largest absolute Gasteiger partial charge is 0.444 e. The summed E-state index contributed by atoms with van der Waals surface area (Å²) in [7, 11) is 0. The second kappa shape index (κ2) is 14.6. The molecule has 2 N–H and O–H groups in total. The monoisotopic (exact) mass is 720 g/mol. The normalized spacial score (nSPS) is 12.0. The number of carbonyl (C=O) groups is 4. The van der Waals surface area contributed by atoms with Gasteiger partial charge in [0.25, 0.3) is 11.8 Å². The van der Waals surface area contributed by atoms with Gasteiger partial charge in [-0.3, -0.25) is 29.3 Å². The van der Waals surface area contributed by atoms with Gasteiger partial charge >= 0.3 is 6.09 Å². The number of benzene rings is 3. The number of hydrogen-bond acceptors (Lipinski definition) is 8. The van der Waals surface area contributed by atoms with Crippen LogP contribution in [-0.2, 0) is 16.1 Å². The molecule has 0 spiro atoms. The van der Waals surface area contributed by atoms with Gasteiger partial charge in [0.2, 0.25) is 6.41 Å². The van der Waals surface area contributed by atoms with Crippen molar-refractivity contribution < 1.29 is 23.9 Å². The average Bonchev–Trinajstić information content (AvgIpc) is 3.69. The molecule has 1 atom stereocenters. The highest BCUT2D eigenvalue weighted by molar-refractivity contribution is 6.36. The van der Waals surface area contributed by atoms with Crippen molar-refractivity contribution in [3.8, 4) is 11.1 Å². The highest BCUT2D eigenvalue weighted by Crippen LogP contribution is 2.39. The van der Waals surface area contributed by atoms with E-state index in [1.54, 1.807) is 62.1 Å². The number of hydrogen-bond donors (Lipinski definition) is 2. The van der Waals surface area contributed by atoms with E-state index >= 15 is 0 Å². The first-order valence-electron chi connectivity index (χ1n) is 16.6. The third kappa shape index (κ3) is 7.35. The maximum absolute atomic E-state index is 14.1. The third-order valence-electron chi connectivity index (χ3n) is 8.34. The lowest BCUT2D eigenvalue weighted by atomic mass is 9.93. The van der Waals surface area contributed by atoms with E-state index in [4.69, 9.17) is 16.3 Å². The molecule has 1 unspecified atom stereocenters. The molecule has 0 aliphatic heterocycles. The number of anilines is 1. The summed E-state index contributed by atoms with van der Waals surface area (Å²) in [5.41, 5.74) is 3.60. The van der Waals surface area contributed by atoms with Gasteiger partial charge in [-0.2, -0.15) is 5.10 Å². The van der Waals surface area contributed by atoms with Crippen molar-refractivity contribution in [2.24, 2.45) is 0 Å². The number of nitrogens with zero attached hydrogens (tertiary/aromatic N) is 6. The molecule has 0 saturated heterocycles. The molecule has 0 aliphatic carbocycles. The quantitative estimate of drug-likeness (QED) is 0.146. The minimum atomic E-state index is -0.779. The molecule has 6 aromatic rings. The van der Waals surface area contributed by atoms with E-state index in [1.165, 1.54) is 10.7 Å². The molecule has 6 rings (SSSR count). The molecule has 13 nitrogen and oxygen atoms in total. The van der Waals surface area contributed by atoms with E-state index in [0.29, 0.717) is 33.5 Å². The van der Waals surface area contributed by atoms with Crippen molar-refractivity contribution >= 4 is 58.3 Å². The van der Waals surface area contributed by atoms with Crippen molar-refractivity contribution in [3.63, 3.8) is 0 Å². The van der Waals surface area contributed by atoms with Crippen LogP contribution in [0.5, 0.6) is 0 Å². The lowest BCUT2D eigenvalue weighted by Crippen LogP contribution is -2.33. The summed E-state index contributed by atoms with van der Waals surface area (Å²) in [4.78, 5) is 57.7. The fourth-order valence-electron chi connectivity index (χ4n) is 5.97. The Morgan fingerprint density at radius 1 is 1.06 bits per heavy atom. The molecule has 0 aliphatic rings. The highest BCUT2D eigenvalue weighted by atomic mass is 35.5. The lowest BCUT2D eigenvalue weighted by molar-refractivity contribution is -0.116. The second-order valence-corrected chi connectivity index (χ2v) is 13.6. The molecule has 3 aromatic carbocycles. The van der Waals surface area contributed by atoms with Crippen molar-refractivity contribution in [2.75, 3.05) is 11.9 Å². The maximum atomic E-state index is 14.1. The third-order valence-corrected chi connectivity index (χ3v) is 8.65. The predicted molar refractivity (Wildman–Crippen MR) is 197 cm³/mol. The zero-order chi connectivity index (χ0) is 37.2. The standard InChI is InChI=1S/C38H37ClN8O5/c1-23-12-9-10-15-26(23)36(50)45(22-48)18-19-46-32-28(21-41-46)29(39)20-27(30(32)25-13-7-6-8-14-25)24(2)42-35(49)31-33(43-37(51)52-38(3,4)5)44-47-17-11-16-40-34(31)47/h6-17,20-22,24H,18-19H2,1-5H3,(H,42,49)(H,43,44,51). The number of nitrogens with one attached hydrogen (secondary N) is 2. The van der Waals surface area contributed by atoms with Crippen molar-refractivity contribution in [1.29, 1.82) is 0 Å². The molecule has 266 valence electrons. The minimum absolute atomic E-state index is 0.0209. The molecule has 0 bridgehead atoms. The van der Waals surface area contributed by atoms with Gasteiger partial charge < -0.3 is 10.1 Å². The first-order chi connectivity index (χ1) is 24.9. The Labute approximate surface area is 304 Å². The van der Waals surface area contributed by atoms with Crippen LogP contribution in [0.2, 0.25) is 5.02 Å². The predicted octanol–water partition coefficient (Wildman–Crippen LogP) is 6.84. The zero-order valence-electron chi connectivity index (χ0n) is 29.3. The number of halogens is 1. The molecule has 4 amide bonds. The summed E-state index contributed by atoms with van der Waals surface area (Å²) >= 11 is 6.89. The van der Waals surface area contributed by atoms with Gasteiger partial charge in [-0.1, -0.05) is 60.1 Å². The number of carbonyl (C=O) groups excluding carboxylic acids is 4. The van der Waals surface area contributed by atoms with Crippen molar-refractivity contribution in [1.82, 2.24) is 34.6 Å². The van der Waals surface area contributed by atoms with Crippen LogP contribution in [-0.4, -0.2) is 65.7 Å². The van der Waals surface area contributed by atoms with Crippen LogP contribution in [0.15, 0.2) is 85.3 Å². The number of aromatic nitrogens is 5. The number of aryl methyl sites for hydroxylation is 1. The van der Waals surface area contributed by atoms with E-state index in [0.717, 1.165) is 21.6 Å². The summed E-state index contributed by atoms with van der Waals surface area (Å²) in [6.45, 7) is 9.05. The van der Waals surface area contributed by atoms with E-state index in [2.05, 4.69) is 25.8 Å². The van der Waals surface area contributed by atoms with Crippen LogP contribution < -0.4 is 10.6 Å².